The van der Waals surface area contributed by atoms with Crippen LogP contribution in [0.1, 0.15) is 57.1 Å². The fraction of sp³-hybridized carbons (Fsp3) is 0.652. The second-order valence-electron chi connectivity index (χ2n) is 9.26. The van der Waals surface area contributed by atoms with Gasteiger partial charge in [0.15, 0.2) is 8.32 Å². The molecular weight excluding hydrogens is 352 g/mol. The van der Waals surface area contributed by atoms with Crippen molar-refractivity contribution in [3.05, 3.63) is 41.5 Å². The second-order valence-corrected chi connectivity index (χ2v) is 14.1. The number of benzene rings is 1. The summed E-state index contributed by atoms with van der Waals surface area (Å²) in [5.41, 5.74) is 2.75. The molecule has 27 heavy (non-hydrogen) atoms. The fourth-order valence-corrected chi connectivity index (χ4v) is 4.25. The average molecular weight is 391 g/mol. The molecule has 2 rings (SSSR count). The predicted octanol–water partition coefficient (Wildman–Crippen LogP) is 5.69. The van der Waals surface area contributed by atoms with Gasteiger partial charge in [-0.25, -0.2) is 0 Å². The zero-order chi connectivity index (χ0) is 20.1. The molecule has 3 nitrogen and oxygen atoms in total. The van der Waals surface area contributed by atoms with Crippen LogP contribution in [0, 0.1) is 5.92 Å². The summed E-state index contributed by atoms with van der Waals surface area (Å²) < 4.78 is 11.6. The standard InChI is InChI=1S/C23H38O3Si/c1-23(2,3)27(5,6)26-14-10-8-7-9-11-18-15-20(25-4)12-13-21(18)22-16-19(22)17-24/h7-8,12-13,15,19,22,24H,9-11,14,16-17H2,1-6H3/b8-7-/t19-,22+/m0/s1. The number of rotatable bonds is 10. The Balaban J connectivity index is 1.82. The zero-order valence-corrected chi connectivity index (χ0v) is 19.0. The van der Waals surface area contributed by atoms with Crippen molar-refractivity contribution in [1.82, 2.24) is 0 Å². The highest BCUT2D eigenvalue weighted by molar-refractivity contribution is 6.74. The quantitative estimate of drug-likeness (QED) is 0.317. The van der Waals surface area contributed by atoms with Crippen LogP contribution >= 0.6 is 0 Å². The molecule has 2 atom stereocenters. The Hall–Kier alpha value is -1.10. The smallest absolute Gasteiger partial charge is 0.191 e. The normalized spacial score (nSPS) is 20.3. The lowest BCUT2D eigenvalue weighted by Gasteiger charge is -2.36. The molecule has 0 radical (unpaired) electrons. The molecule has 1 N–H and O–H groups in total. The van der Waals surface area contributed by atoms with Crippen molar-refractivity contribution in [2.45, 2.75) is 70.5 Å². The Morgan fingerprint density at radius 2 is 1.89 bits per heavy atom. The van der Waals surface area contributed by atoms with E-state index in [2.05, 4.69) is 58.2 Å². The van der Waals surface area contributed by atoms with E-state index < -0.39 is 8.32 Å². The number of aliphatic hydroxyl groups excluding tert-OH is 1. The van der Waals surface area contributed by atoms with Crippen LogP contribution in [0.25, 0.3) is 0 Å². The van der Waals surface area contributed by atoms with Gasteiger partial charge in [0.05, 0.1) is 7.11 Å². The summed E-state index contributed by atoms with van der Waals surface area (Å²) >= 11 is 0. The van der Waals surface area contributed by atoms with Gasteiger partial charge in [-0.15, -0.1) is 0 Å². The van der Waals surface area contributed by atoms with E-state index in [9.17, 15) is 5.11 Å². The summed E-state index contributed by atoms with van der Waals surface area (Å²) in [7, 11) is 0.0888. The molecule has 0 aromatic heterocycles. The van der Waals surface area contributed by atoms with Gasteiger partial charge in [-0.3, -0.25) is 0 Å². The van der Waals surface area contributed by atoms with Crippen LogP contribution in [0.3, 0.4) is 0 Å². The summed E-state index contributed by atoms with van der Waals surface area (Å²) in [6.07, 6.45) is 8.65. The van der Waals surface area contributed by atoms with E-state index in [1.807, 2.05) is 6.07 Å². The van der Waals surface area contributed by atoms with Gasteiger partial charge in [-0.1, -0.05) is 39.0 Å². The molecule has 1 aliphatic carbocycles. The number of aliphatic hydroxyl groups is 1. The Bertz CT molecular complexity index is 631. The molecule has 0 bridgehead atoms. The van der Waals surface area contributed by atoms with Gasteiger partial charge < -0.3 is 14.3 Å². The minimum Gasteiger partial charge on any atom is -0.497 e. The van der Waals surface area contributed by atoms with Crippen LogP contribution in [-0.2, 0) is 10.8 Å². The maximum absolute atomic E-state index is 9.39. The van der Waals surface area contributed by atoms with Crippen molar-refractivity contribution in [3.63, 3.8) is 0 Å². The number of aryl methyl sites for hydroxylation is 1. The molecule has 0 unspecified atom stereocenters. The Labute approximate surface area is 166 Å². The molecule has 1 fully saturated rings. The molecule has 4 heteroatoms. The topological polar surface area (TPSA) is 38.7 Å². The largest absolute Gasteiger partial charge is 0.497 e. The number of ether oxygens (including phenoxy) is 1. The summed E-state index contributed by atoms with van der Waals surface area (Å²) in [5, 5.41) is 9.66. The van der Waals surface area contributed by atoms with Gasteiger partial charge in [-0.2, -0.15) is 0 Å². The van der Waals surface area contributed by atoms with Crippen LogP contribution in [0.4, 0.5) is 0 Å². The lowest BCUT2D eigenvalue weighted by Crippen LogP contribution is -2.40. The highest BCUT2D eigenvalue weighted by Crippen LogP contribution is 2.48. The summed E-state index contributed by atoms with van der Waals surface area (Å²) in [5.74, 6) is 1.89. The first-order valence-corrected chi connectivity index (χ1v) is 13.2. The Morgan fingerprint density at radius 1 is 1.19 bits per heavy atom. The van der Waals surface area contributed by atoms with E-state index >= 15 is 0 Å². The van der Waals surface area contributed by atoms with E-state index in [1.54, 1.807) is 7.11 Å². The number of hydrogen-bond donors (Lipinski definition) is 1. The molecule has 0 saturated heterocycles. The van der Waals surface area contributed by atoms with E-state index in [-0.39, 0.29) is 5.04 Å². The van der Waals surface area contributed by atoms with Crippen LogP contribution in [0.15, 0.2) is 30.4 Å². The second kappa shape index (κ2) is 9.40. The van der Waals surface area contributed by atoms with Crippen molar-refractivity contribution in [2.75, 3.05) is 20.3 Å². The van der Waals surface area contributed by atoms with E-state index in [0.717, 1.165) is 38.0 Å². The van der Waals surface area contributed by atoms with E-state index in [4.69, 9.17) is 9.16 Å². The van der Waals surface area contributed by atoms with Crippen LogP contribution < -0.4 is 4.74 Å². The third-order valence-electron chi connectivity index (χ3n) is 6.21. The van der Waals surface area contributed by atoms with Crippen molar-refractivity contribution in [2.24, 2.45) is 5.92 Å². The van der Waals surface area contributed by atoms with Gasteiger partial charge in [0, 0.05) is 13.2 Å². The van der Waals surface area contributed by atoms with Gasteiger partial charge in [0.25, 0.3) is 0 Å². The van der Waals surface area contributed by atoms with Gasteiger partial charge in [0.2, 0.25) is 0 Å². The molecule has 0 heterocycles. The molecule has 0 amide bonds. The van der Waals surface area contributed by atoms with Crippen molar-refractivity contribution in [1.29, 1.82) is 0 Å². The Kier molecular flexibility index (Phi) is 7.72. The summed E-state index contributed by atoms with van der Waals surface area (Å²) in [4.78, 5) is 0. The first kappa shape index (κ1) is 22.2. The fourth-order valence-electron chi connectivity index (χ4n) is 3.19. The van der Waals surface area contributed by atoms with Crippen molar-refractivity contribution < 1.29 is 14.3 Å². The Morgan fingerprint density at radius 3 is 2.48 bits per heavy atom. The number of hydrogen-bond acceptors (Lipinski definition) is 3. The van der Waals surface area contributed by atoms with Crippen molar-refractivity contribution in [3.8, 4) is 5.75 Å². The molecule has 0 spiro atoms. The minimum absolute atomic E-state index is 0.273. The average Bonchev–Trinajstić information content (AvgIpc) is 3.39. The third-order valence-corrected chi connectivity index (χ3v) is 10.7. The molecule has 152 valence electrons. The monoisotopic (exact) mass is 390 g/mol. The first-order valence-electron chi connectivity index (χ1n) is 10.3. The van der Waals surface area contributed by atoms with Gasteiger partial charge in [0.1, 0.15) is 5.75 Å². The maximum Gasteiger partial charge on any atom is 0.191 e. The highest BCUT2D eigenvalue weighted by Gasteiger charge is 2.38. The highest BCUT2D eigenvalue weighted by atomic mass is 28.4. The minimum atomic E-state index is -1.63. The third kappa shape index (κ3) is 6.20. The van der Waals surface area contributed by atoms with Gasteiger partial charge in [-0.05, 0) is 78.9 Å². The van der Waals surface area contributed by atoms with E-state index in [0.29, 0.717) is 18.4 Å². The predicted molar refractivity (Wildman–Crippen MR) is 116 cm³/mol. The number of allylic oxidation sites excluding steroid dienone is 1. The lowest BCUT2D eigenvalue weighted by molar-refractivity contribution is 0.274. The van der Waals surface area contributed by atoms with Gasteiger partial charge >= 0.3 is 0 Å². The summed E-state index contributed by atoms with van der Waals surface area (Å²) in [6.45, 7) is 12.6. The molecule has 0 aliphatic heterocycles. The van der Waals surface area contributed by atoms with Crippen molar-refractivity contribution >= 4 is 8.32 Å². The number of methoxy groups -OCH3 is 1. The first-order chi connectivity index (χ1) is 12.7. The SMILES string of the molecule is COc1ccc([C@@H]2C[C@H]2CO)c(CC/C=C\CCO[Si](C)(C)C(C)(C)C)c1. The molecule has 1 aromatic rings. The van der Waals surface area contributed by atoms with Crippen LogP contribution in [-0.4, -0.2) is 33.7 Å². The van der Waals surface area contributed by atoms with Crippen LogP contribution in [0.5, 0.6) is 5.75 Å². The molecule has 1 aliphatic rings. The molecule has 1 saturated carbocycles. The van der Waals surface area contributed by atoms with E-state index in [1.165, 1.54) is 11.1 Å². The molecular formula is C23H38O3Si. The van der Waals surface area contributed by atoms with Crippen LogP contribution in [0.2, 0.25) is 18.1 Å². The lowest BCUT2D eigenvalue weighted by atomic mass is 9.97. The summed E-state index contributed by atoms with van der Waals surface area (Å²) in [6, 6.07) is 6.39. The zero-order valence-electron chi connectivity index (χ0n) is 18.0. The maximum atomic E-state index is 9.39. The molecule has 1 aromatic carbocycles.